The van der Waals surface area contributed by atoms with Crippen molar-refractivity contribution in [3.8, 4) is 0 Å². The maximum atomic E-state index is 4.09. The smallest absolute Gasteiger partial charge is 0.00277 e. The van der Waals surface area contributed by atoms with Gasteiger partial charge in [-0.15, -0.1) is 0 Å². The van der Waals surface area contributed by atoms with Gasteiger partial charge in [0.05, 0.1) is 0 Å². The number of hydrogen-bond acceptors (Lipinski definition) is 2. The second-order valence-corrected chi connectivity index (χ2v) is 5.03. The van der Waals surface area contributed by atoms with Crippen LogP contribution in [0.15, 0.2) is 48.7 Å². The third kappa shape index (κ3) is 8.82. The van der Waals surface area contributed by atoms with Crippen LogP contribution < -0.4 is 10.6 Å². The summed E-state index contributed by atoms with van der Waals surface area (Å²) >= 11 is 0. The van der Waals surface area contributed by atoms with Crippen LogP contribution >= 0.6 is 0 Å². The van der Waals surface area contributed by atoms with Crippen molar-refractivity contribution in [2.75, 3.05) is 20.1 Å². The summed E-state index contributed by atoms with van der Waals surface area (Å²) in [4.78, 5) is 0. The Hall–Kier alpha value is -1.28. The largest absolute Gasteiger partial charge is 0.394 e. The molecule has 0 aliphatic rings. The van der Waals surface area contributed by atoms with Gasteiger partial charge >= 0.3 is 0 Å². The normalized spacial score (nSPS) is 10.9. The molecule has 0 saturated carbocycles. The molecule has 0 amide bonds. The number of nitrogens with one attached hydrogen (secondary N) is 2. The van der Waals surface area contributed by atoms with Gasteiger partial charge < -0.3 is 10.6 Å². The summed E-state index contributed by atoms with van der Waals surface area (Å²) < 4.78 is 0. The average molecular weight is 248 g/mol. The van der Waals surface area contributed by atoms with E-state index in [2.05, 4.69) is 44.2 Å². The summed E-state index contributed by atoms with van der Waals surface area (Å²) in [7, 11) is 1.87. The van der Waals surface area contributed by atoms with Crippen molar-refractivity contribution in [3.05, 3.63) is 48.7 Å². The summed E-state index contributed by atoms with van der Waals surface area (Å²) in [6, 6.07) is 0. The fraction of sp³-hybridized carbons (Fsp3) is 0.500. The Bertz CT molecular complexity index is 311. The first-order valence-corrected chi connectivity index (χ1v) is 6.55. The van der Waals surface area contributed by atoms with Crippen LogP contribution in [0.3, 0.4) is 0 Å². The van der Waals surface area contributed by atoms with Crippen LogP contribution in [0.2, 0.25) is 0 Å². The van der Waals surface area contributed by atoms with Gasteiger partial charge in [-0.2, -0.15) is 0 Å². The maximum Gasteiger partial charge on any atom is 0.00277 e. The minimum absolute atomic E-state index is 0.694. The molecule has 0 saturated heterocycles. The molecule has 0 spiro atoms. The Balaban J connectivity index is 3.84. The van der Waals surface area contributed by atoms with E-state index < -0.39 is 0 Å². The zero-order chi connectivity index (χ0) is 14.0. The van der Waals surface area contributed by atoms with Gasteiger partial charge in [-0.3, -0.25) is 0 Å². The molecule has 2 nitrogen and oxygen atoms in total. The Labute approximate surface area is 113 Å². The van der Waals surface area contributed by atoms with E-state index in [0.717, 1.165) is 37.1 Å². The molecule has 0 fully saturated rings. The zero-order valence-electron chi connectivity index (χ0n) is 12.2. The van der Waals surface area contributed by atoms with E-state index in [1.54, 1.807) is 0 Å². The minimum Gasteiger partial charge on any atom is -0.394 e. The predicted molar refractivity (Wildman–Crippen MR) is 82.6 cm³/mol. The lowest BCUT2D eigenvalue weighted by Gasteiger charge is -2.11. The molecule has 0 heterocycles. The average Bonchev–Trinajstić information content (AvgIpc) is 2.31. The van der Waals surface area contributed by atoms with E-state index in [9.17, 15) is 0 Å². The molecular weight excluding hydrogens is 220 g/mol. The fourth-order valence-corrected chi connectivity index (χ4v) is 1.46. The van der Waals surface area contributed by atoms with Crippen LogP contribution in [0, 0.1) is 5.92 Å². The topological polar surface area (TPSA) is 24.1 Å². The fourth-order valence-electron chi connectivity index (χ4n) is 1.46. The third-order valence-corrected chi connectivity index (χ3v) is 2.58. The van der Waals surface area contributed by atoms with Crippen LogP contribution in [0.1, 0.15) is 26.7 Å². The summed E-state index contributed by atoms with van der Waals surface area (Å²) in [6.45, 7) is 18.6. The van der Waals surface area contributed by atoms with Gasteiger partial charge in [-0.1, -0.05) is 39.2 Å². The van der Waals surface area contributed by atoms with Crippen molar-refractivity contribution in [3.63, 3.8) is 0 Å². The lowest BCUT2D eigenvalue weighted by molar-refractivity contribution is 0.552. The highest BCUT2D eigenvalue weighted by Gasteiger charge is 2.01. The van der Waals surface area contributed by atoms with Crippen LogP contribution in [0.4, 0.5) is 0 Å². The Kier molecular flexibility index (Phi) is 9.03. The molecule has 0 rings (SSSR count). The van der Waals surface area contributed by atoms with Crippen molar-refractivity contribution in [2.24, 2.45) is 5.92 Å². The second-order valence-electron chi connectivity index (χ2n) is 5.03. The Morgan fingerprint density at radius 3 is 2.44 bits per heavy atom. The molecule has 0 atom stereocenters. The van der Waals surface area contributed by atoms with Crippen LogP contribution in [0.5, 0.6) is 0 Å². The van der Waals surface area contributed by atoms with E-state index in [0.29, 0.717) is 5.92 Å². The predicted octanol–water partition coefficient (Wildman–Crippen LogP) is 3.41. The van der Waals surface area contributed by atoms with Gasteiger partial charge in [0.15, 0.2) is 0 Å². The van der Waals surface area contributed by atoms with E-state index in [1.165, 1.54) is 5.57 Å². The third-order valence-electron chi connectivity index (χ3n) is 2.58. The highest BCUT2D eigenvalue weighted by atomic mass is 14.8. The van der Waals surface area contributed by atoms with E-state index >= 15 is 0 Å². The first-order chi connectivity index (χ1) is 8.47. The molecule has 2 N–H and O–H groups in total. The molecule has 2 heteroatoms. The molecule has 0 radical (unpaired) electrons. The highest BCUT2D eigenvalue weighted by molar-refractivity contribution is 5.37. The van der Waals surface area contributed by atoms with Gasteiger partial charge in [0.25, 0.3) is 0 Å². The quantitative estimate of drug-likeness (QED) is 0.352. The molecule has 0 unspecified atom stereocenters. The second kappa shape index (κ2) is 9.72. The zero-order valence-corrected chi connectivity index (χ0v) is 12.2. The van der Waals surface area contributed by atoms with Crippen LogP contribution in [-0.4, -0.2) is 20.1 Å². The molecular formula is C16H28N2. The summed E-state index contributed by atoms with van der Waals surface area (Å²) in [5, 5.41) is 6.36. The molecule has 0 aromatic heterocycles. The van der Waals surface area contributed by atoms with Crippen molar-refractivity contribution in [1.82, 2.24) is 10.6 Å². The highest BCUT2D eigenvalue weighted by Crippen LogP contribution is 2.17. The number of rotatable bonds is 10. The molecule has 0 aromatic carbocycles. The van der Waals surface area contributed by atoms with Gasteiger partial charge in [0.2, 0.25) is 0 Å². The van der Waals surface area contributed by atoms with E-state index in [-0.39, 0.29) is 0 Å². The minimum atomic E-state index is 0.694. The summed E-state index contributed by atoms with van der Waals surface area (Å²) in [5.74, 6) is 0.694. The molecule has 0 aliphatic heterocycles. The lowest BCUT2D eigenvalue weighted by Crippen LogP contribution is -2.21. The van der Waals surface area contributed by atoms with Crippen molar-refractivity contribution < 1.29 is 0 Å². The lowest BCUT2D eigenvalue weighted by atomic mass is 10.00. The number of hydrogen-bond donors (Lipinski definition) is 2. The molecule has 0 bridgehead atoms. The van der Waals surface area contributed by atoms with Gasteiger partial charge in [-0.25, -0.2) is 0 Å². The SMILES string of the molecule is C=C(CCNCC(C)C)CC(=C)C(=C)/C=C\NC. The summed E-state index contributed by atoms with van der Waals surface area (Å²) in [5.41, 5.74) is 3.20. The monoisotopic (exact) mass is 248 g/mol. The van der Waals surface area contributed by atoms with E-state index in [1.807, 2.05) is 19.3 Å². The maximum absolute atomic E-state index is 4.09. The summed E-state index contributed by atoms with van der Waals surface area (Å²) in [6.07, 6.45) is 5.62. The van der Waals surface area contributed by atoms with Crippen LogP contribution in [0.25, 0.3) is 0 Å². The molecule has 0 aromatic rings. The van der Waals surface area contributed by atoms with E-state index in [4.69, 9.17) is 0 Å². The van der Waals surface area contributed by atoms with Crippen molar-refractivity contribution in [2.45, 2.75) is 26.7 Å². The van der Waals surface area contributed by atoms with Crippen LogP contribution in [-0.2, 0) is 0 Å². The number of allylic oxidation sites excluding steroid dienone is 3. The van der Waals surface area contributed by atoms with Gasteiger partial charge in [0, 0.05) is 7.05 Å². The molecule has 102 valence electrons. The van der Waals surface area contributed by atoms with Gasteiger partial charge in [-0.05, 0) is 55.3 Å². The molecule has 0 aliphatic carbocycles. The molecule has 18 heavy (non-hydrogen) atoms. The Morgan fingerprint density at radius 1 is 1.22 bits per heavy atom. The first-order valence-electron chi connectivity index (χ1n) is 6.55. The van der Waals surface area contributed by atoms with Crippen molar-refractivity contribution in [1.29, 1.82) is 0 Å². The first kappa shape index (κ1) is 16.7. The van der Waals surface area contributed by atoms with Crippen molar-refractivity contribution >= 4 is 0 Å². The standard InChI is InChI=1S/C16H28N2/c1-13(2)12-18-10-7-14(3)11-16(5)15(4)8-9-17-6/h8-9,13,17-18H,3-5,7,10-12H2,1-2,6H3/b9-8-. The Morgan fingerprint density at radius 2 is 1.89 bits per heavy atom. The van der Waals surface area contributed by atoms with Gasteiger partial charge in [0.1, 0.15) is 0 Å².